The third-order valence-electron chi connectivity index (χ3n) is 3.86. The number of pyridine rings is 1. The minimum absolute atomic E-state index is 0.00992. The Morgan fingerprint density at radius 3 is 2.94 bits per heavy atom. The van der Waals surface area contributed by atoms with E-state index in [2.05, 4.69) is 10.3 Å². The smallest absolute Gasteiger partial charge is 0.273 e. The van der Waals surface area contributed by atoms with Crippen molar-refractivity contribution >= 4 is 11.8 Å². The summed E-state index contributed by atoms with van der Waals surface area (Å²) in [5.41, 5.74) is -0.201. The minimum atomic E-state index is -0.616. The summed E-state index contributed by atoms with van der Waals surface area (Å²) in [5.74, 6) is -0.144. The molecule has 2 aliphatic heterocycles. The van der Waals surface area contributed by atoms with E-state index in [1.165, 1.54) is 0 Å². The fourth-order valence-electron chi connectivity index (χ4n) is 2.96. The molecular weight excluding hydrogens is 230 g/mol. The van der Waals surface area contributed by atoms with E-state index in [-0.39, 0.29) is 11.8 Å². The molecule has 1 aromatic heterocycles. The minimum Gasteiger partial charge on any atom is -0.354 e. The number of hydrogen-bond donors (Lipinski definition) is 1. The summed E-state index contributed by atoms with van der Waals surface area (Å²) < 4.78 is 0. The fraction of sp³-hybridized carbons (Fsp3) is 0.462. The summed E-state index contributed by atoms with van der Waals surface area (Å²) in [5, 5.41) is 2.84. The Morgan fingerprint density at radius 2 is 2.28 bits per heavy atom. The maximum absolute atomic E-state index is 12.4. The number of amides is 2. The van der Waals surface area contributed by atoms with Crippen molar-refractivity contribution in [3.05, 3.63) is 30.1 Å². The van der Waals surface area contributed by atoms with Gasteiger partial charge in [0, 0.05) is 19.3 Å². The first-order valence-corrected chi connectivity index (χ1v) is 6.25. The molecule has 2 amide bonds. The van der Waals surface area contributed by atoms with Crippen molar-refractivity contribution < 1.29 is 9.59 Å². The van der Waals surface area contributed by atoms with Crippen LogP contribution in [0.4, 0.5) is 0 Å². The molecule has 0 bridgehead atoms. The van der Waals surface area contributed by atoms with Crippen molar-refractivity contribution in [1.82, 2.24) is 15.2 Å². The van der Waals surface area contributed by atoms with Gasteiger partial charge in [-0.3, -0.25) is 14.6 Å². The second kappa shape index (κ2) is 4.08. The predicted octanol–water partition coefficient (Wildman–Crippen LogP) is 0.576. The molecule has 0 radical (unpaired) electrons. The highest BCUT2D eigenvalue weighted by Crippen LogP contribution is 2.36. The standard InChI is InChI=1S/C13H15N3O2/c17-11(10-4-1-2-7-14-10)16-9-3-5-13(16)6-8-15-12(13)18/h1-2,4,7H,3,5-6,8-9H2,(H,15,18). The normalized spacial score (nSPS) is 26.7. The molecule has 2 fully saturated rings. The van der Waals surface area contributed by atoms with Gasteiger partial charge in [-0.25, -0.2) is 0 Å². The number of carbonyl (C=O) groups is 2. The molecule has 5 nitrogen and oxygen atoms in total. The van der Waals surface area contributed by atoms with Crippen LogP contribution in [0.2, 0.25) is 0 Å². The van der Waals surface area contributed by atoms with E-state index < -0.39 is 5.54 Å². The van der Waals surface area contributed by atoms with Crippen LogP contribution in [0, 0.1) is 0 Å². The first-order valence-electron chi connectivity index (χ1n) is 6.25. The first-order chi connectivity index (χ1) is 8.74. The Kier molecular flexibility index (Phi) is 2.54. The predicted molar refractivity (Wildman–Crippen MR) is 64.9 cm³/mol. The van der Waals surface area contributed by atoms with E-state index >= 15 is 0 Å². The van der Waals surface area contributed by atoms with E-state index in [0.29, 0.717) is 25.2 Å². The number of carbonyl (C=O) groups excluding carboxylic acids is 2. The zero-order valence-corrected chi connectivity index (χ0v) is 10.1. The number of rotatable bonds is 1. The molecule has 5 heteroatoms. The third-order valence-corrected chi connectivity index (χ3v) is 3.86. The monoisotopic (exact) mass is 245 g/mol. The van der Waals surface area contributed by atoms with Gasteiger partial charge in [0.2, 0.25) is 5.91 Å². The van der Waals surface area contributed by atoms with Gasteiger partial charge in [-0.15, -0.1) is 0 Å². The molecule has 0 aromatic carbocycles. The summed E-state index contributed by atoms with van der Waals surface area (Å²) in [4.78, 5) is 30.2. The van der Waals surface area contributed by atoms with Gasteiger partial charge in [-0.1, -0.05) is 6.07 Å². The molecule has 1 unspecified atom stereocenters. The van der Waals surface area contributed by atoms with Crippen LogP contribution in [-0.4, -0.2) is 40.3 Å². The average Bonchev–Trinajstić information content (AvgIpc) is 2.99. The van der Waals surface area contributed by atoms with Crippen LogP contribution in [0.3, 0.4) is 0 Å². The highest BCUT2D eigenvalue weighted by molar-refractivity contribution is 5.99. The Balaban J connectivity index is 1.92. The molecule has 2 saturated heterocycles. The highest BCUT2D eigenvalue weighted by atomic mass is 16.2. The van der Waals surface area contributed by atoms with Gasteiger partial charge in [0.1, 0.15) is 11.2 Å². The van der Waals surface area contributed by atoms with Gasteiger partial charge in [0.15, 0.2) is 0 Å². The van der Waals surface area contributed by atoms with Crippen molar-refractivity contribution in [2.75, 3.05) is 13.1 Å². The summed E-state index contributed by atoms with van der Waals surface area (Å²) >= 11 is 0. The van der Waals surface area contributed by atoms with Crippen LogP contribution in [0.15, 0.2) is 24.4 Å². The van der Waals surface area contributed by atoms with E-state index in [4.69, 9.17) is 0 Å². The average molecular weight is 245 g/mol. The van der Waals surface area contributed by atoms with E-state index in [1.54, 1.807) is 29.3 Å². The van der Waals surface area contributed by atoms with Crippen molar-refractivity contribution in [3.8, 4) is 0 Å². The Hall–Kier alpha value is -1.91. The van der Waals surface area contributed by atoms with Crippen molar-refractivity contribution in [2.24, 2.45) is 0 Å². The summed E-state index contributed by atoms with van der Waals surface area (Å²) in [7, 11) is 0. The summed E-state index contributed by atoms with van der Waals surface area (Å²) in [6, 6.07) is 5.26. The highest BCUT2D eigenvalue weighted by Gasteiger charge is 2.52. The molecule has 1 aromatic rings. The zero-order valence-electron chi connectivity index (χ0n) is 10.1. The van der Waals surface area contributed by atoms with Crippen molar-refractivity contribution in [1.29, 1.82) is 0 Å². The van der Waals surface area contributed by atoms with Gasteiger partial charge in [0.25, 0.3) is 5.91 Å². The maximum Gasteiger partial charge on any atom is 0.273 e. The lowest BCUT2D eigenvalue weighted by Crippen LogP contribution is -2.52. The number of likely N-dealkylation sites (tertiary alicyclic amines) is 1. The molecule has 3 heterocycles. The van der Waals surface area contributed by atoms with E-state index in [0.717, 1.165) is 12.8 Å². The van der Waals surface area contributed by atoms with Crippen LogP contribution in [-0.2, 0) is 4.79 Å². The Labute approximate surface area is 105 Å². The van der Waals surface area contributed by atoms with Crippen LogP contribution in [0.1, 0.15) is 29.8 Å². The van der Waals surface area contributed by atoms with Gasteiger partial charge >= 0.3 is 0 Å². The zero-order chi connectivity index (χ0) is 12.6. The van der Waals surface area contributed by atoms with E-state index in [1.807, 2.05) is 0 Å². The van der Waals surface area contributed by atoms with Gasteiger partial charge < -0.3 is 10.2 Å². The Morgan fingerprint density at radius 1 is 1.39 bits per heavy atom. The molecule has 3 rings (SSSR count). The lowest BCUT2D eigenvalue weighted by Gasteiger charge is -2.32. The molecule has 0 saturated carbocycles. The number of nitrogens with zero attached hydrogens (tertiary/aromatic N) is 2. The van der Waals surface area contributed by atoms with Crippen LogP contribution in [0.5, 0.6) is 0 Å². The summed E-state index contributed by atoms with van der Waals surface area (Å²) in [6.07, 6.45) is 3.96. The molecule has 1 atom stereocenters. The Bertz CT molecular complexity index is 484. The van der Waals surface area contributed by atoms with Crippen LogP contribution in [0.25, 0.3) is 0 Å². The van der Waals surface area contributed by atoms with Crippen LogP contribution >= 0.6 is 0 Å². The lowest BCUT2D eigenvalue weighted by atomic mass is 9.94. The molecule has 18 heavy (non-hydrogen) atoms. The van der Waals surface area contributed by atoms with E-state index in [9.17, 15) is 9.59 Å². The van der Waals surface area contributed by atoms with Crippen LogP contribution < -0.4 is 5.32 Å². The maximum atomic E-state index is 12.4. The van der Waals surface area contributed by atoms with Gasteiger partial charge in [0.05, 0.1) is 0 Å². The third kappa shape index (κ3) is 1.50. The molecule has 0 aliphatic carbocycles. The SMILES string of the molecule is O=C(c1ccccn1)N1CCCC12CCNC2=O. The molecule has 1 N–H and O–H groups in total. The largest absolute Gasteiger partial charge is 0.354 e. The summed E-state index contributed by atoms with van der Waals surface area (Å²) in [6.45, 7) is 1.30. The quantitative estimate of drug-likeness (QED) is 0.787. The van der Waals surface area contributed by atoms with Gasteiger partial charge in [-0.2, -0.15) is 0 Å². The molecular formula is C13H15N3O2. The van der Waals surface area contributed by atoms with Crippen molar-refractivity contribution in [3.63, 3.8) is 0 Å². The molecule has 2 aliphatic rings. The first kappa shape index (κ1) is 11.2. The second-order valence-corrected chi connectivity index (χ2v) is 4.81. The number of nitrogens with one attached hydrogen (secondary N) is 1. The van der Waals surface area contributed by atoms with Gasteiger partial charge in [-0.05, 0) is 31.4 Å². The topological polar surface area (TPSA) is 62.3 Å². The fourth-order valence-corrected chi connectivity index (χ4v) is 2.96. The molecule has 94 valence electrons. The number of aromatic nitrogens is 1. The van der Waals surface area contributed by atoms with Crippen molar-refractivity contribution in [2.45, 2.75) is 24.8 Å². The molecule has 1 spiro atoms. The number of hydrogen-bond acceptors (Lipinski definition) is 3. The lowest BCUT2D eigenvalue weighted by molar-refractivity contribution is -0.127. The second-order valence-electron chi connectivity index (χ2n) is 4.81.